The topological polar surface area (TPSA) is 29.1 Å². The van der Waals surface area contributed by atoms with Gasteiger partial charge in [-0.05, 0) is 55.8 Å². The molecule has 2 saturated carbocycles. The summed E-state index contributed by atoms with van der Waals surface area (Å²) in [6.45, 7) is 7.78. The van der Waals surface area contributed by atoms with Crippen molar-refractivity contribution < 1.29 is 4.79 Å². The molecule has 0 aliphatic heterocycles. The summed E-state index contributed by atoms with van der Waals surface area (Å²) in [4.78, 5) is 12.5. The molecule has 1 N–H and O–H groups in total. The largest absolute Gasteiger partial charge is 0.356 e. The standard InChI is InChI=1S/C18H33NO/c1-4-5-6-7-8-19-18(20)17-14(3)11-15-9-13(2)10-16(17)12-15/h13-17H,4-12H2,1-3H3,(H,19,20). The van der Waals surface area contributed by atoms with Crippen LogP contribution in [0.5, 0.6) is 0 Å². The molecule has 0 radical (unpaired) electrons. The van der Waals surface area contributed by atoms with E-state index in [1.165, 1.54) is 44.9 Å². The first-order valence-corrected chi connectivity index (χ1v) is 8.89. The fourth-order valence-corrected chi connectivity index (χ4v) is 4.78. The summed E-state index contributed by atoms with van der Waals surface area (Å²) in [5, 5.41) is 3.22. The minimum atomic E-state index is 0.292. The number of fused-ring (bicyclic) bond motifs is 2. The monoisotopic (exact) mass is 279 g/mol. The van der Waals surface area contributed by atoms with Gasteiger partial charge in [0, 0.05) is 12.5 Å². The third-order valence-corrected chi connectivity index (χ3v) is 5.54. The number of hydrogen-bond acceptors (Lipinski definition) is 1. The van der Waals surface area contributed by atoms with Gasteiger partial charge in [-0.25, -0.2) is 0 Å². The quantitative estimate of drug-likeness (QED) is 0.718. The summed E-state index contributed by atoms with van der Waals surface area (Å²) in [6.07, 6.45) is 10.2. The molecule has 20 heavy (non-hydrogen) atoms. The molecule has 5 atom stereocenters. The average Bonchev–Trinajstić information content (AvgIpc) is 2.37. The van der Waals surface area contributed by atoms with E-state index >= 15 is 0 Å². The molecule has 2 heteroatoms. The summed E-state index contributed by atoms with van der Waals surface area (Å²) in [5.41, 5.74) is 0. The third-order valence-electron chi connectivity index (χ3n) is 5.54. The van der Waals surface area contributed by atoms with E-state index in [-0.39, 0.29) is 0 Å². The van der Waals surface area contributed by atoms with Crippen LogP contribution in [0.2, 0.25) is 0 Å². The molecule has 0 heterocycles. The minimum absolute atomic E-state index is 0.292. The van der Waals surface area contributed by atoms with Crippen LogP contribution in [-0.2, 0) is 4.79 Å². The van der Waals surface area contributed by atoms with E-state index in [1.54, 1.807) is 0 Å². The number of nitrogens with one attached hydrogen (secondary N) is 1. The van der Waals surface area contributed by atoms with Crippen LogP contribution in [0.3, 0.4) is 0 Å². The van der Waals surface area contributed by atoms with Crippen LogP contribution in [0.15, 0.2) is 0 Å². The molecule has 116 valence electrons. The number of rotatable bonds is 6. The molecule has 2 rings (SSSR count). The molecule has 1 amide bonds. The van der Waals surface area contributed by atoms with Gasteiger partial charge in [0.05, 0.1) is 0 Å². The highest BCUT2D eigenvalue weighted by Crippen LogP contribution is 2.47. The summed E-state index contributed by atoms with van der Waals surface area (Å²) in [7, 11) is 0. The molecule has 0 saturated heterocycles. The van der Waals surface area contributed by atoms with E-state index in [2.05, 4.69) is 26.1 Å². The Morgan fingerprint density at radius 3 is 2.60 bits per heavy atom. The molecule has 0 spiro atoms. The minimum Gasteiger partial charge on any atom is -0.356 e. The van der Waals surface area contributed by atoms with E-state index in [4.69, 9.17) is 0 Å². The molecule has 2 fully saturated rings. The molecular formula is C18H33NO. The van der Waals surface area contributed by atoms with Crippen molar-refractivity contribution in [2.75, 3.05) is 6.54 Å². The lowest BCUT2D eigenvalue weighted by atomic mass is 9.60. The van der Waals surface area contributed by atoms with Gasteiger partial charge in [-0.15, -0.1) is 0 Å². The van der Waals surface area contributed by atoms with Crippen LogP contribution in [0.1, 0.15) is 72.1 Å². The SMILES string of the molecule is CCCCCCNC(=O)C1C(C)CC2CC(C)CC1C2. The van der Waals surface area contributed by atoms with Crippen LogP contribution in [0, 0.1) is 29.6 Å². The molecule has 2 aliphatic rings. The lowest BCUT2D eigenvalue weighted by Crippen LogP contribution is -2.45. The van der Waals surface area contributed by atoms with E-state index in [1.807, 2.05) is 0 Å². The van der Waals surface area contributed by atoms with Crippen molar-refractivity contribution in [2.45, 2.75) is 72.1 Å². The Balaban J connectivity index is 1.81. The van der Waals surface area contributed by atoms with Gasteiger partial charge in [-0.2, -0.15) is 0 Å². The van der Waals surface area contributed by atoms with E-state index in [9.17, 15) is 4.79 Å². The molecule has 2 nitrogen and oxygen atoms in total. The summed E-state index contributed by atoms with van der Waals surface area (Å²) in [6, 6.07) is 0. The Bertz CT molecular complexity index is 311. The zero-order chi connectivity index (χ0) is 14.5. The van der Waals surface area contributed by atoms with Crippen molar-refractivity contribution in [3.8, 4) is 0 Å². The highest BCUT2D eigenvalue weighted by Gasteiger charge is 2.42. The van der Waals surface area contributed by atoms with Crippen LogP contribution < -0.4 is 5.32 Å². The molecule has 0 aromatic rings. The van der Waals surface area contributed by atoms with Crippen molar-refractivity contribution in [1.29, 1.82) is 0 Å². The second-order valence-corrected chi connectivity index (χ2v) is 7.53. The van der Waals surface area contributed by atoms with Gasteiger partial charge >= 0.3 is 0 Å². The number of carbonyl (C=O) groups excluding carboxylic acids is 1. The van der Waals surface area contributed by atoms with Gasteiger partial charge in [0.2, 0.25) is 5.91 Å². The normalized spacial score (nSPS) is 36.6. The van der Waals surface area contributed by atoms with Crippen molar-refractivity contribution in [3.63, 3.8) is 0 Å². The number of unbranched alkanes of at least 4 members (excludes halogenated alkanes) is 3. The molecular weight excluding hydrogens is 246 g/mol. The first-order chi connectivity index (χ1) is 9.61. The van der Waals surface area contributed by atoms with Crippen LogP contribution >= 0.6 is 0 Å². The Labute approximate surface area is 125 Å². The molecule has 2 bridgehead atoms. The summed E-state index contributed by atoms with van der Waals surface area (Å²) < 4.78 is 0. The Kier molecular flexibility index (Phi) is 5.92. The summed E-state index contributed by atoms with van der Waals surface area (Å²) in [5.74, 6) is 3.61. The Hall–Kier alpha value is -0.530. The maximum Gasteiger partial charge on any atom is 0.223 e. The van der Waals surface area contributed by atoms with Gasteiger partial charge < -0.3 is 5.32 Å². The maximum atomic E-state index is 12.5. The first-order valence-electron chi connectivity index (χ1n) is 8.89. The van der Waals surface area contributed by atoms with Crippen LogP contribution in [-0.4, -0.2) is 12.5 Å². The zero-order valence-electron chi connectivity index (χ0n) is 13.7. The molecule has 5 unspecified atom stereocenters. The lowest BCUT2D eigenvalue weighted by molar-refractivity contribution is -0.132. The Morgan fingerprint density at radius 1 is 1.05 bits per heavy atom. The third kappa shape index (κ3) is 3.99. The number of amides is 1. The van der Waals surface area contributed by atoms with Crippen molar-refractivity contribution >= 4 is 5.91 Å². The van der Waals surface area contributed by atoms with E-state index in [0.717, 1.165) is 24.8 Å². The van der Waals surface area contributed by atoms with Crippen molar-refractivity contribution in [1.82, 2.24) is 5.32 Å². The average molecular weight is 279 g/mol. The fraction of sp³-hybridized carbons (Fsp3) is 0.944. The first kappa shape index (κ1) is 15.9. The predicted octanol–water partition coefficient (Wildman–Crippen LogP) is 4.39. The predicted molar refractivity (Wildman–Crippen MR) is 84.4 cm³/mol. The van der Waals surface area contributed by atoms with Gasteiger partial charge in [0.25, 0.3) is 0 Å². The van der Waals surface area contributed by atoms with Gasteiger partial charge in [0.15, 0.2) is 0 Å². The van der Waals surface area contributed by atoms with Crippen LogP contribution in [0.4, 0.5) is 0 Å². The van der Waals surface area contributed by atoms with E-state index < -0.39 is 0 Å². The van der Waals surface area contributed by atoms with Crippen LogP contribution in [0.25, 0.3) is 0 Å². The van der Waals surface area contributed by atoms with Gasteiger partial charge in [-0.3, -0.25) is 4.79 Å². The van der Waals surface area contributed by atoms with Gasteiger partial charge in [0.1, 0.15) is 0 Å². The van der Waals surface area contributed by atoms with Gasteiger partial charge in [-0.1, -0.05) is 40.0 Å². The van der Waals surface area contributed by atoms with Crippen molar-refractivity contribution in [3.05, 3.63) is 0 Å². The summed E-state index contributed by atoms with van der Waals surface area (Å²) >= 11 is 0. The highest BCUT2D eigenvalue weighted by atomic mass is 16.1. The second-order valence-electron chi connectivity index (χ2n) is 7.53. The molecule has 0 aromatic heterocycles. The van der Waals surface area contributed by atoms with Crippen molar-refractivity contribution in [2.24, 2.45) is 29.6 Å². The zero-order valence-corrected chi connectivity index (χ0v) is 13.7. The molecule has 0 aromatic carbocycles. The lowest BCUT2D eigenvalue weighted by Gasteiger charge is -2.45. The fourth-order valence-electron chi connectivity index (χ4n) is 4.78. The smallest absolute Gasteiger partial charge is 0.223 e. The number of carbonyl (C=O) groups is 1. The number of hydrogen-bond donors (Lipinski definition) is 1. The highest BCUT2D eigenvalue weighted by molar-refractivity contribution is 5.79. The molecule has 2 aliphatic carbocycles. The Morgan fingerprint density at radius 2 is 1.85 bits per heavy atom. The maximum absolute atomic E-state index is 12.5. The second kappa shape index (κ2) is 7.47. The van der Waals surface area contributed by atoms with E-state index in [0.29, 0.717) is 23.7 Å².